The molecule has 5 nitrogen and oxygen atoms in total. The quantitative estimate of drug-likeness (QED) is 0.327. The molecule has 0 saturated carbocycles. The molecule has 0 fully saturated rings. The lowest BCUT2D eigenvalue weighted by atomic mass is 10.3. The number of alkyl halides is 1. The Hall–Kier alpha value is -1.23. The molecule has 0 aromatic rings. The number of allylic oxidation sites excluding steroid dienone is 1. The van der Waals surface area contributed by atoms with Crippen LogP contribution in [0.5, 0.6) is 0 Å². The van der Waals surface area contributed by atoms with Crippen LogP contribution in [0.4, 0.5) is 0 Å². The van der Waals surface area contributed by atoms with Crippen molar-refractivity contribution in [1.29, 1.82) is 0 Å². The Balaban J connectivity index is 2.88. The number of nitro groups is 1. The average Bonchev–Trinajstić information content (AvgIpc) is 1.94. The molecule has 1 heterocycles. The van der Waals surface area contributed by atoms with E-state index in [0.29, 0.717) is 0 Å². The van der Waals surface area contributed by atoms with Crippen molar-refractivity contribution in [2.45, 2.75) is 5.38 Å². The summed E-state index contributed by atoms with van der Waals surface area (Å²) in [5, 5.41) is 9.08. The fourth-order valence-corrected chi connectivity index (χ4v) is 0.759. The van der Waals surface area contributed by atoms with E-state index in [0.717, 1.165) is 12.3 Å². The summed E-state index contributed by atoms with van der Waals surface area (Å²) in [6.07, 6.45) is 1.94. The highest BCUT2D eigenvalue weighted by Gasteiger charge is 2.21. The van der Waals surface area contributed by atoms with Gasteiger partial charge in [-0.05, 0) is 0 Å². The highest BCUT2D eigenvalue weighted by Crippen LogP contribution is 2.09. The Kier molecular flexibility index (Phi) is 2.00. The van der Waals surface area contributed by atoms with Crippen molar-refractivity contribution in [1.82, 2.24) is 0 Å². The number of dihydropyridines is 1. The van der Waals surface area contributed by atoms with Crippen LogP contribution in [0.15, 0.2) is 16.8 Å². The summed E-state index contributed by atoms with van der Waals surface area (Å²) in [4.78, 5) is 23.2. The SMILES string of the molecule is O=C1N=CC([N+](=O)[O-])=CC1Cl. The first kappa shape index (κ1) is 7.87. The lowest BCUT2D eigenvalue weighted by molar-refractivity contribution is -0.414. The minimum Gasteiger partial charge on any atom is -0.271 e. The smallest absolute Gasteiger partial charge is 0.271 e. The predicted octanol–water partition coefficient (Wildman–Crippen LogP) is 0.365. The van der Waals surface area contributed by atoms with Gasteiger partial charge in [-0.1, -0.05) is 0 Å². The second-order valence-corrected chi connectivity index (χ2v) is 2.32. The molecule has 1 rings (SSSR count). The molecule has 1 atom stereocenters. The Morgan fingerprint density at radius 1 is 1.73 bits per heavy atom. The minimum absolute atomic E-state index is 0.246. The monoisotopic (exact) mass is 174 g/mol. The molecule has 0 aliphatic carbocycles. The van der Waals surface area contributed by atoms with Crippen molar-refractivity contribution in [3.63, 3.8) is 0 Å². The van der Waals surface area contributed by atoms with Gasteiger partial charge in [0, 0.05) is 6.08 Å². The number of hydrogen-bond acceptors (Lipinski definition) is 3. The van der Waals surface area contributed by atoms with Crippen molar-refractivity contribution >= 4 is 23.7 Å². The number of carbonyl (C=O) groups is 1. The molecule has 11 heavy (non-hydrogen) atoms. The number of aliphatic imine (C=N–C) groups is 1. The van der Waals surface area contributed by atoms with Gasteiger partial charge in [0.25, 0.3) is 11.6 Å². The predicted molar refractivity (Wildman–Crippen MR) is 38.2 cm³/mol. The number of carbonyl (C=O) groups excluding carboxylic acids is 1. The lowest BCUT2D eigenvalue weighted by Gasteiger charge is -2.01. The van der Waals surface area contributed by atoms with Crippen LogP contribution in [0, 0.1) is 10.1 Å². The van der Waals surface area contributed by atoms with Gasteiger partial charge in [0.1, 0.15) is 11.6 Å². The molecule has 0 spiro atoms. The third kappa shape index (κ3) is 1.62. The molecule has 0 saturated heterocycles. The van der Waals surface area contributed by atoms with E-state index in [9.17, 15) is 14.9 Å². The fraction of sp³-hybridized carbons (Fsp3) is 0.200. The average molecular weight is 175 g/mol. The van der Waals surface area contributed by atoms with Gasteiger partial charge in [0.05, 0.1) is 4.92 Å². The first-order valence-electron chi connectivity index (χ1n) is 2.69. The second-order valence-electron chi connectivity index (χ2n) is 1.85. The van der Waals surface area contributed by atoms with Crippen molar-refractivity contribution in [2.75, 3.05) is 0 Å². The Bertz CT molecular complexity index is 271. The van der Waals surface area contributed by atoms with Gasteiger partial charge in [-0.3, -0.25) is 14.9 Å². The molecule has 0 N–H and O–H groups in total. The lowest BCUT2D eigenvalue weighted by Crippen LogP contribution is -2.17. The zero-order chi connectivity index (χ0) is 8.43. The van der Waals surface area contributed by atoms with Crippen molar-refractivity contribution in [3.8, 4) is 0 Å². The van der Waals surface area contributed by atoms with Crippen LogP contribution in [0.2, 0.25) is 0 Å². The zero-order valence-corrected chi connectivity index (χ0v) is 5.99. The van der Waals surface area contributed by atoms with Crippen LogP contribution in [0.1, 0.15) is 0 Å². The van der Waals surface area contributed by atoms with E-state index in [1.807, 2.05) is 0 Å². The number of halogens is 1. The molecule has 6 heteroatoms. The Labute approximate surface area is 66.5 Å². The van der Waals surface area contributed by atoms with Crippen LogP contribution in [0.3, 0.4) is 0 Å². The van der Waals surface area contributed by atoms with Crippen molar-refractivity contribution in [3.05, 3.63) is 21.9 Å². The maximum absolute atomic E-state index is 10.6. The third-order valence-electron chi connectivity index (χ3n) is 1.09. The van der Waals surface area contributed by atoms with E-state index in [4.69, 9.17) is 11.6 Å². The summed E-state index contributed by atoms with van der Waals surface area (Å²) in [6, 6.07) is 0. The number of nitrogens with zero attached hydrogens (tertiary/aromatic N) is 2. The van der Waals surface area contributed by atoms with Gasteiger partial charge < -0.3 is 0 Å². The van der Waals surface area contributed by atoms with Crippen LogP contribution in [0.25, 0.3) is 0 Å². The Morgan fingerprint density at radius 3 is 2.82 bits per heavy atom. The molecule has 1 aliphatic rings. The van der Waals surface area contributed by atoms with Gasteiger partial charge in [-0.25, -0.2) is 4.99 Å². The van der Waals surface area contributed by atoms with E-state index in [1.165, 1.54) is 0 Å². The van der Waals surface area contributed by atoms with Gasteiger partial charge in [-0.15, -0.1) is 11.6 Å². The van der Waals surface area contributed by atoms with Crippen LogP contribution in [-0.4, -0.2) is 22.4 Å². The zero-order valence-electron chi connectivity index (χ0n) is 5.23. The molecule has 0 radical (unpaired) electrons. The minimum atomic E-state index is -1.000. The van der Waals surface area contributed by atoms with E-state index in [-0.39, 0.29) is 5.70 Å². The van der Waals surface area contributed by atoms with E-state index in [2.05, 4.69) is 4.99 Å². The second kappa shape index (κ2) is 2.79. The number of hydrogen-bond donors (Lipinski definition) is 0. The molecule has 0 bridgehead atoms. The molecule has 1 amide bonds. The Morgan fingerprint density at radius 2 is 2.36 bits per heavy atom. The summed E-state index contributed by atoms with van der Waals surface area (Å²) in [5.74, 6) is -0.572. The van der Waals surface area contributed by atoms with Crippen LogP contribution in [-0.2, 0) is 4.79 Å². The summed E-state index contributed by atoms with van der Waals surface area (Å²) >= 11 is 5.36. The highest BCUT2D eigenvalue weighted by molar-refractivity contribution is 6.33. The number of rotatable bonds is 1. The summed E-state index contributed by atoms with van der Waals surface area (Å²) in [5.41, 5.74) is -0.246. The molecule has 1 aliphatic heterocycles. The fourth-order valence-electron chi connectivity index (χ4n) is 0.573. The van der Waals surface area contributed by atoms with E-state index < -0.39 is 16.2 Å². The van der Waals surface area contributed by atoms with Crippen LogP contribution < -0.4 is 0 Å². The van der Waals surface area contributed by atoms with Gasteiger partial charge >= 0.3 is 0 Å². The largest absolute Gasteiger partial charge is 0.285 e. The van der Waals surface area contributed by atoms with Gasteiger partial charge in [-0.2, -0.15) is 0 Å². The summed E-state index contributed by atoms with van der Waals surface area (Å²) in [7, 11) is 0. The normalized spacial score (nSPS) is 23.2. The number of amides is 1. The van der Waals surface area contributed by atoms with E-state index in [1.54, 1.807) is 0 Å². The molecule has 58 valence electrons. The van der Waals surface area contributed by atoms with Crippen molar-refractivity contribution in [2.24, 2.45) is 4.99 Å². The van der Waals surface area contributed by atoms with Gasteiger partial charge in [0.15, 0.2) is 0 Å². The third-order valence-corrected chi connectivity index (χ3v) is 1.40. The summed E-state index contributed by atoms with van der Waals surface area (Å²) in [6.45, 7) is 0. The first-order chi connectivity index (χ1) is 5.11. The summed E-state index contributed by atoms with van der Waals surface area (Å²) < 4.78 is 0. The van der Waals surface area contributed by atoms with Crippen LogP contribution >= 0.6 is 11.6 Å². The molecule has 0 aromatic heterocycles. The maximum atomic E-state index is 10.6. The molecular weight excluding hydrogens is 172 g/mol. The van der Waals surface area contributed by atoms with Gasteiger partial charge in [0.2, 0.25) is 0 Å². The van der Waals surface area contributed by atoms with E-state index >= 15 is 0 Å². The maximum Gasteiger partial charge on any atom is 0.285 e. The highest BCUT2D eigenvalue weighted by atomic mass is 35.5. The van der Waals surface area contributed by atoms with Crippen molar-refractivity contribution < 1.29 is 9.72 Å². The molecule has 0 aromatic carbocycles. The molecular formula is C5H3ClN2O3. The molecule has 1 unspecified atom stereocenters. The standard InChI is InChI=1S/C5H3ClN2O3/c6-4-1-3(8(10)11)2-7-5(4)9/h1-2,4H. The topological polar surface area (TPSA) is 72.6 Å². The first-order valence-corrected chi connectivity index (χ1v) is 3.13.